The maximum absolute atomic E-state index is 11.8. The van der Waals surface area contributed by atoms with Gasteiger partial charge in [0.05, 0.1) is 20.0 Å². The first kappa shape index (κ1) is 26.3. The summed E-state index contributed by atoms with van der Waals surface area (Å²) < 4.78 is 16.6. The van der Waals surface area contributed by atoms with E-state index in [1.54, 1.807) is 14.2 Å². The molecule has 2 aromatic carbocycles. The van der Waals surface area contributed by atoms with E-state index >= 15 is 0 Å². The number of methoxy groups -OCH3 is 1. The third-order valence-electron chi connectivity index (χ3n) is 4.49. The van der Waals surface area contributed by atoms with Crippen LogP contribution < -0.4 is 14.8 Å². The lowest BCUT2D eigenvalue weighted by Crippen LogP contribution is -2.34. The van der Waals surface area contributed by atoms with E-state index in [0.29, 0.717) is 6.54 Å². The first-order valence-corrected chi connectivity index (χ1v) is 9.91. The zero-order chi connectivity index (χ0) is 21.8. The number of nitrogens with one attached hydrogen (secondary N) is 1. The number of aryl methyl sites for hydroxylation is 2. The summed E-state index contributed by atoms with van der Waals surface area (Å²) in [6.45, 7) is 0.584. The van der Waals surface area contributed by atoms with Crippen LogP contribution in [0.5, 0.6) is 11.5 Å². The minimum atomic E-state index is -1.03. The van der Waals surface area contributed by atoms with Gasteiger partial charge in [-0.3, -0.25) is 9.59 Å². The van der Waals surface area contributed by atoms with E-state index in [1.807, 2.05) is 42.5 Å². The molecule has 0 aliphatic carbocycles. The number of aliphatic carboxylic acids is 1. The molecule has 0 bridgehead atoms. The van der Waals surface area contributed by atoms with E-state index in [1.165, 1.54) is 5.56 Å². The molecule has 0 fully saturated rings. The number of rotatable bonds is 13. The van der Waals surface area contributed by atoms with Crippen molar-refractivity contribution in [2.75, 3.05) is 27.3 Å². The molecule has 0 aromatic heterocycles. The molecule has 8 heteroatoms. The third kappa shape index (κ3) is 9.72. The largest absolute Gasteiger partial charge is 0.497 e. The number of carbonyl (C=O) groups is 2. The first-order valence-electron chi connectivity index (χ1n) is 9.91. The van der Waals surface area contributed by atoms with E-state index in [9.17, 15) is 9.59 Å². The standard InChI is InChI=1S/C23H29NO6.ClH/c1-24-15-20(30-23(27)13-12-22(25)26)16-29-21-9-4-3-7-18(21)11-10-17-6-5-8-19(14-17)28-2;/h3-9,14,20,24H,10-13,15-16H2,1-2H3,(H,25,26);1H. The van der Waals surface area contributed by atoms with Gasteiger partial charge in [-0.1, -0.05) is 30.3 Å². The zero-order valence-electron chi connectivity index (χ0n) is 17.8. The lowest BCUT2D eigenvalue weighted by atomic mass is 10.0. The topological polar surface area (TPSA) is 94.1 Å². The van der Waals surface area contributed by atoms with Gasteiger partial charge in [-0.2, -0.15) is 0 Å². The van der Waals surface area contributed by atoms with Crippen LogP contribution in [0.2, 0.25) is 0 Å². The molecule has 170 valence electrons. The zero-order valence-corrected chi connectivity index (χ0v) is 18.7. The number of likely N-dealkylation sites (N-methyl/N-ethyl adjacent to an activating group) is 1. The van der Waals surface area contributed by atoms with Crippen LogP contribution in [0, 0.1) is 0 Å². The fourth-order valence-corrected chi connectivity index (χ4v) is 2.96. The Morgan fingerprint density at radius 3 is 2.55 bits per heavy atom. The second-order valence-corrected chi connectivity index (χ2v) is 6.83. The maximum atomic E-state index is 11.8. The predicted molar refractivity (Wildman–Crippen MR) is 120 cm³/mol. The molecule has 0 amide bonds. The van der Waals surface area contributed by atoms with Gasteiger partial charge in [-0.15, -0.1) is 12.4 Å². The van der Waals surface area contributed by atoms with E-state index in [-0.39, 0.29) is 31.9 Å². The molecule has 0 saturated heterocycles. The molecule has 2 N–H and O–H groups in total. The van der Waals surface area contributed by atoms with Crippen molar-refractivity contribution in [1.82, 2.24) is 5.32 Å². The number of carbonyl (C=O) groups excluding carboxylic acids is 1. The summed E-state index contributed by atoms with van der Waals surface area (Å²) in [6, 6.07) is 15.7. The molecule has 7 nitrogen and oxygen atoms in total. The average molecular weight is 452 g/mol. The Morgan fingerprint density at radius 1 is 1.06 bits per heavy atom. The first-order chi connectivity index (χ1) is 14.5. The highest BCUT2D eigenvalue weighted by molar-refractivity contribution is 5.85. The van der Waals surface area contributed by atoms with E-state index in [2.05, 4.69) is 11.4 Å². The third-order valence-corrected chi connectivity index (χ3v) is 4.49. The van der Waals surface area contributed by atoms with Crippen molar-refractivity contribution in [1.29, 1.82) is 0 Å². The summed E-state index contributed by atoms with van der Waals surface area (Å²) in [6.07, 6.45) is 0.703. The molecule has 0 spiro atoms. The van der Waals surface area contributed by atoms with Crippen LogP contribution in [-0.4, -0.2) is 50.5 Å². The van der Waals surface area contributed by atoms with Gasteiger partial charge in [0.15, 0.2) is 0 Å². The SMILES string of the molecule is CNCC(COc1ccccc1CCc1cccc(OC)c1)OC(=O)CCC(=O)O.Cl. The second kappa shape index (κ2) is 14.3. The summed E-state index contributed by atoms with van der Waals surface area (Å²) in [5, 5.41) is 11.7. The Hall–Kier alpha value is -2.77. The molecule has 2 rings (SSSR count). The van der Waals surface area contributed by atoms with Crippen molar-refractivity contribution < 1.29 is 28.9 Å². The highest BCUT2D eigenvalue weighted by Gasteiger charge is 2.16. The van der Waals surface area contributed by atoms with E-state index < -0.39 is 18.0 Å². The summed E-state index contributed by atoms with van der Waals surface area (Å²) in [5.41, 5.74) is 2.23. The Balaban J connectivity index is 0.00000480. The number of hydrogen-bond donors (Lipinski definition) is 2. The number of esters is 1. The summed E-state index contributed by atoms with van der Waals surface area (Å²) in [5.74, 6) is -0.00868. The van der Waals surface area contributed by atoms with Crippen molar-refractivity contribution in [3.8, 4) is 11.5 Å². The van der Waals surface area contributed by atoms with Crippen molar-refractivity contribution >= 4 is 24.3 Å². The molecule has 2 aromatic rings. The Bertz CT molecular complexity index is 829. The van der Waals surface area contributed by atoms with Crippen LogP contribution in [-0.2, 0) is 27.2 Å². The number of carboxylic acid groups (broad SMARTS) is 1. The number of benzene rings is 2. The smallest absolute Gasteiger partial charge is 0.306 e. The normalized spacial score (nSPS) is 11.2. The fraction of sp³-hybridized carbons (Fsp3) is 0.391. The molecule has 0 aliphatic rings. The number of ether oxygens (including phenoxy) is 3. The van der Waals surface area contributed by atoms with Gasteiger partial charge in [0, 0.05) is 6.54 Å². The van der Waals surface area contributed by atoms with Gasteiger partial charge in [0.1, 0.15) is 24.2 Å². The van der Waals surface area contributed by atoms with Gasteiger partial charge in [0.2, 0.25) is 0 Å². The molecule has 1 unspecified atom stereocenters. The van der Waals surface area contributed by atoms with Crippen molar-refractivity contribution in [3.05, 3.63) is 59.7 Å². The summed E-state index contributed by atoms with van der Waals surface area (Å²) in [4.78, 5) is 22.5. The van der Waals surface area contributed by atoms with Crippen LogP contribution in [0.1, 0.15) is 24.0 Å². The van der Waals surface area contributed by atoms with Gasteiger partial charge >= 0.3 is 11.9 Å². The van der Waals surface area contributed by atoms with Gasteiger partial charge in [-0.05, 0) is 49.2 Å². The molecular weight excluding hydrogens is 422 g/mol. The number of para-hydroxylation sites is 1. The van der Waals surface area contributed by atoms with E-state index in [0.717, 1.165) is 29.9 Å². The van der Waals surface area contributed by atoms with Crippen molar-refractivity contribution in [3.63, 3.8) is 0 Å². The quantitative estimate of drug-likeness (QED) is 0.451. The number of carboxylic acids is 1. The highest BCUT2D eigenvalue weighted by atomic mass is 35.5. The van der Waals surface area contributed by atoms with Crippen LogP contribution >= 0.6 is 12.4 Å². The van der Waals surface area contributed by atoms with Crippen LogP contribution in [0.15, 0.2) is 48.5 Å². The Labute approximate surface area is 189 Å². The van der Waals surface area contributed by atoms with Gasteiger partial charge in [-0.25, -0.2) is 0 Å². The maximum Gasteiger partial charge on any atom is 0.306 e. The van der Waals surface area contributed by atoms with E-state index in [4.69, 9.17) is 19.3 Å². The molecule has 0 heterocycles. The lowest BCUT2D eigenvalue weighted by molar-refractivity contribution is -0.153. The lowest BCUT2D eigenvalue weighted by Gasteiger charge is -2.19. The fourth-order valence-electron chi connectivity index (χ4n) is 2.96. The molecule has 0 radical (unpaired) electrons. The molecule has 0 saturated carbocycles. The van der Waals surface area contributed by atoms with Crippen molar-refractivity contribution in [2.45, 2.75) is 31.8 Å². The monoisotopic (exact) mass is 451 g/mol. The number of hydrogen-bond acceptors (Lipinski definition) is 6. The second-order valence-electron chi connectivity index (χ2n) is 6.83. The molecular formula is C23H30ClNO6. The minimum absolute atomic E-state index is 0. The summed E-state index contributed by atoms with van der Waals surface area (Å²) in [7, 11) is 3.40. The van der Waals surface area contributed by atoms with Gasteiger partial charge < -0.3 is 24.6 Å². The molecule has 31 heavy (non-hydrogen) atoms. The van der Waals surface area contributed by atoms with Crippen LogP contribution in [0.4, 0.5) is 0 Å². The Morgan fingerprint density at radius 2 is 1.84 bits per heavy atom. The molecule has 1 atom stereocenters. The predicted octanol–water partition coefficient (Wildman–Crippen LogP) is 3.28. The van der Waals surface area contributed by atoms with Crippen LogP contribution in [0.25, 0.3) is 0 Å². The highest BCUT2D eigenvalue weighted by Crippen LogP contribution is 2.22. The minimum Gasteiger partial charge on any atom is -0.497 e. The Kier molecular flexibility index (Phi) is 12.1. The summed E-state index contributed by atoms with van der Waals surface area (Å²) >= 11 is 0. The molecule has 0 aliphatic heterocycles. The van der Waals surface area contributed by atoms with Gasteiger partial charge in [0.25, 0.3) is 0 Å². The average Bonchev–Trinajstić information content (AvgIpc) is 2.75. The van der Waals surface area contributed by atoms with Crippen LogP contribution in [0.3, 0.4) is 0 Å². The number of halogens is 1. The van der Waals surface area contributed by atoms with Crippen molar-refractivity contribution in [2.24, 2.45) is 0 Å².